The average molecular weight is 385 g/mol. The zero-order chi connectivity index (χ0) is 19.3. The number of piperidine rings is 1. The van der Waals surface area contributed by atoms with Crippen molar-refractivity contribution in [1.29, 1.82) is 0 Å². The van der Waals surface area contributed by atoms with Crippen LogP contribution in [0.25, 0.3) is 10.4 Å². The first-order valence-electron chi connectivity index (χ1n) is 9.71. The molecule has 144 valence electrons. The van der Waals surface area contributed by atoms with Crippen molar-refractivity contribution in [2.75, 3.05) is 20.1 Å². The summed E-state index contributed by atoms with van der Waals surface area (Å²) in [6.07, 6.45) is 3.74. The Morgan fingerprint density at radius 1 is 1.22 bits per heavy atom. The summed E-state index contributed by atoms with van der Waals surface area (Å²) in [5, 5.41) is 4.92. The van der Waals surface area contributed by atoms with E-state index >= 15 is 0 Å². The van der Waals surface area contributed by atoms with Gasteiger partial charge in [0.25, 0.3) is 0 Å². The van der Waals surface area contributed by atoms with Crippen molar-refractivity contribution in [2.45, 2.75) is 39.0 Å². The van der Waals surface area contributed by atoms with E-state index in [1.165, 1.54) is 10.4 Å². The molecule has 1 aliphatic heterocycles. The Bertz CT molecular complexity index is 770. The maximum Gasteiger partial charge on any atom is 0.228 e. The third-order valence-electron chi connectivity index (χ3n) is 5.40. The minimum Gasteiger partial charge on any atom is -0.359 e. The molecule has 1 unspecified atom stereocenters. The summed E-state index contributed by atoms with van der Waals surface area (Å²) >= 11 is 1.73. The van der Waals surface area contributed by atoms with E-state index in [4.69, 9.17) is 0 Å². The summed E-state index contributed by atoms with van der Waals surface area (Å²) in [6, 6.07) is 12.7. The zero-order valence-corrected chi connectivity index (χ0v) is 17.0. The van der Waals surface area contributed by atoms with Gasteiger partial charge in [-0.15, -0.1) is 11.3 Å². The Morgan fingerprint density at radius 2 is 2.00 bits per heavy atom. The number of benzene rings is 1. The summed E-state index contributed by atoms with van der Waals surface area (Å²) in [7, 11) is 1.69. The Kier molecular flexibility index (Phi) is 6.32. The van der Waals surface area contributed by atoms with E-state index in [9.17, 15) is 9.59 Å². The highest BCUT2D eigenvalue weighted by Gasteiger charge is 2.42. The highest BCUT2D eigenvalue weighted by Crippen LogP contribution is 2.35. The van der Waals surface area contributed by atoms with Crippen LogP contribution in [0, 0.1) is 5.41 Å². The molecule has 1 saturated heterocycles. The first-order valence-corrected chi connectivity index (χ1v) is 10.6. The maximum absolute atomic E-state index is 12.8. The van der Waals surface area contributed by atoms with E-state index in [0.717, 1.165) is 31.4 Å². The lowest BCUT2D eigenvalue weighted by Crippen LogP contribution is -2.53. The SMILES string of the molecule is CCCC(=O)N1CCCC(Cc2ccc(-c3cccs3)cc2)(C(=O)NC)C1. The molecule has 1 aliphatic rings. The summed E-state index contributed by atoms with van der Waals surface area (Å²) < 4.78 is 0. The van der Waals surface area contributed by atoms with Crippen LogP contribution in [0.5, 0.6) is 0 Å². The van der Waals surface area contributed by atoms with Gasteiger partial charge in [0.2, 0.25) is 11.8 Å². The van der Waals surface area contributed by atoms with Gasteiger partial charge in [-0.3, -0.25) is 9.59 Å². The van der Waals surface area contributed by atoms with Crippen LogP contribution in [0.2, 0.25) is 0 Å². The molecule has 2 aromatic rings. The van der Waals surface area contributed by atoms with Crippen molar-refractivity contribution >= 4 is 23.2 Å². The lowest BCUT2D eigenvalue weighted by atomic mass is 9.74. The standard InChI is InChI=1S/C22H28N2O2S/c1-3-6-20(25)24-13-5-12-22(16-24,21(26)23-2)15-17-8-10-18(11-9-17)19-7-4-14-27-19/h4,7-11,14H,3,5-6,12-13,15-16H2,1-2H3,(H,23,26). The van der Waals surface area contributed by atoms with Gasteiger partial charge in [-0.1, -0.05) is 37.3 Å². The second kappa shape index (κ2) is 8.70. The van der Waals surface area contributed by atoms with Crippen LogP contribution < -0.4 is 5.32 Å². The Balaban J connectivity index is 1.80. The van der Waals surface area contributed by atoms with Crippen LogP contribution in [0.15, 0.2) is 41.8 Å². The molecule has 0 saturated carbocycles. The quantitative estimate of drug-likeness (QED) is 0.815. The molecule has 0 spiro atoms. The number of hydrogen-bond acceptors (Lipinski definition) is 3. The molecular weight excluding hydrogens is 356 g/mol. The fourth-order valence-corrected chi connectivity index (χ4v) is 4.75. The summed E-state index contributed by atoms with van der Waals surface area (Å²) in [4.78, 5) is 28.4. The van der Waals surface area contributed by atoms with E-state index in [2.05, 4.69) is 47.1 Å². The molecule has 1 aromatic carbocycles. The monoisotopic (exact) mass is 384 g/mol. The Morgan fingerprint density at radius 3 is 2.63 bits per heavy atom. The average Bonchev–Trinajstić information content (AvgIpc) is 3.23. The second-order valence-corrected chi connectivity index (χ2v) is 8.33. The van der Waals surface area contributed by atoms with Crippen LogP contribution in [0.4, 0.5) is 0 Å². The van der Waals surface area contributed by atoms with Crippen LogP contribution in [-0.4, -0.2) is 36.9 Å². The van der Waals surface area contributed by atoms with Gasteiger partial charge in [-0.05, 0) is 48.3 Å². The van der Waals surface area contributed by atoms with Gasteiger partial charge in [0.05, 0.1) is 5.41 Å². The molecule has 27 heavy (non-hydrogen) atoms. The van der Waals surface area contributed by atoms with E-state index in [1.54, 1.807) is 18.4 Å². The van der Waals surface area contributed by atoms with E-state index in [-0.39, 0.29) is 11.8 Å². The molecule has 1 atom stereocenters. The van der Waals surface area contributed by atoms with Crippen LogP contribution in [0.1, 0.15) is 38.2 Å². The summed E-state index contributed by atoms with van der Waals surface area (Å²) in [5.41, 5.74) is 1.80. The minimum atomic E-state index is -0.541. The van der Waals surface area contributed by atoms with E-state index < -0.39 is 5.41 Å². The van der Waals surface area contributed by atoms with Crippen molar-refractivity contribution < 1.29 is 9.59 Å². The number of amides is 2. The largest absolute Gasteiger partial charge is 0.359 e. The minimum absolute atomic E-state index is 0.0406. The number of likely N-dealkylation sites (tertiary alicyclic amines) is 1. The predicted molar refractivity (Wildman–Crippen MR) is 111 cm³/mol. The molecule has 1 aromatic heterocycles. The van der Waals surface area contributed by atoms with Crippen LogP contribution in [0.3, 0.4) is 0 Å². The van der Waals surface area contributed by atoms with Crippen LogP contribution in [-0.2, 0) is 16.0 Å². The maximum atomic E-state index is 12.8. The molecule has 0 aliphatic carbocycles. The van der Waals surface area contributed by atoms with Crippen molar-refractivity contribution in [2.24, 2.45) is 5.41 Å². The number of hydrogen-bond donors (Lipinski definition) is 1. The van der Waals surface area contributed by atoms with Crippen molar-refractivity contribution in [3.8, 4) is 10.4 Å². The predicted octanol–water partition coefficient (Wildman–Crippen LogP) is 4.11. The zero-order valence-electron chi connectivity index (χ0n) is 16.2. The molecule has 4 nitrogen and oxygen atoms in total. The Labute approximate surface area is 165 Å². The number of nitrogens with zero attached hydrogens (tertiary/aromatic N) is 1. The number of rotatable bonds is 6. The normalized spacial score (nSPS) is 19.7. The molecule has 1 fully saturated rings. The molecule has 1 N–H and O–H groups in total. The van der Waals surface area contributed by atoms with Gasteiger partial charge in [-0.25, -0.2) is 0 Å². The summed E-state index contributed by atoms with van der Waals surface area (Å²) in [6.45, 7) is 3.29. The topological polar surface area (TPSA) is 49.4 Å². The van der Waals surface area contributed by atoms with Crippen molar-refractivity contribution in [3.05, 3.63) is 47.3 Å². The lowest BCUT2D eigenvalue weighted by molar-refractivity contribution is -0.141. The highest BCUT2D eigenvalue weighted by atomic mass is 32.1. The van der Waals surface area contributed by atoms with Gasteiger partial charge in [0.1, 0.15) is 0 Å². The molecule has 0 bridgehead atoms. The highest BCUT2D eigenvalue weighted by molar-refractivity contribution is 7.13. The second-order valence-electron chi connectivity index (χ2n) is 7.38. The fraction of sp³-hybridized carbons (Fsp3) is 0.455. The van der Waals surface area contributed by atoms with Crippen LogP contribution >= 0.6 is 11.3 Å². The fourth-order valence-electron chi connectivity index (χ4n) is 4.01. The van der Waals surface area contributed by atoms with E-state index in [1.807, 2.05) is 11.8 Å². The molecule has 0 radical (unpaired) electrons. The van der Waals surface area contributed by atoms with Gasteiger partial charge < -0.3 is 10.2 Å². The van der Waals surface area contributed by atoms with Crippen molar-refractivity contribution in [1.82, 2.24) is 10.2 Å². The van der Waals surface area contributed by atoms with Gasteiger partial charge in [0.15, 0.2) is 0 Å². The number of nitrogens with one attached hydrogen (secondary N) is 1. The number of carbonyl (C=O) groups excluding carboxylic acids is 2. The third kappa shape index (κ3) is 4.41. The van der Waals surface area contributed by atoms with Gasteiger partial charge >= 0.3 is 0 Å². The lowest BCUT2D eigenvalue weighted by Gasteiger charge is -2.41. The molecule has 3 rings (SSSR count). The van der Waals surface area contributed by atoms with Gasteiger partial charge in [-0.2, -0.15) is 0 Å². The molecule has 5 heteroatoms. The first kappa shape index (κ1) is 19.6. The third-order valence-corrected chi connectivity index (χ3v) is 6.32. The summed E-state index contributed by atoms with van der Waals surface area (Å²) in [5.74, 6) is 0.206. The Hall–Kier alpha value is -2.14. The van der Waals surface area contributed by atoms with Gasteiger partial charge in [0, 0.05) is 31.4 Å². The van der Waals surface area contributed by atoms with Crippen molar-refractivity contribution in [3.63, 3.8) is 0 Å². The number of thiophene rings is 1. The smallest absolute Gasteiger partial charge is 0.228 e. The van der Waals surface area contributed by atoms with E-state index in [0.29, 0.717) is 19.4 Å². The number of carbonyl (C=O) groups is 2. The molecule has 2 amide bonds. The molecule has 2 heterocycles. The molecular formula is C22H28N2O2S. The first-order chi connectivity index (χ1) is 13.1.